The van der Waals surface area contributed by atoms with E-state index in [1.54, 1.807) is 12.1 Å². The molecule has 2 aromatic rings. The van der Waals surface area contributed by atoms with Gasteiger partial charge in [0.1, 0.15) is 5.82 Å². The van der Waals surface area contributed by atoms with E-state index in [1.807, 2.05) is 43.1 Å². The summed E-state index contributed by atoms with van der Waals surface area (Å²) in [5.41, 5.74) is 8.17. The molecule has 0 aromatic heterocycles. The molecule has 0 radical (unpaired) electrons. The van der Waals surface area contributed by atoms with Crippen LogP contribution < -0.4 is 10.6 Å². The molecule has 0 fully saturated rings. The highest BCUT2D eigenvalue weighted by atomic mass is 19.1. The van der Waals surface area contributed by atoms with Crippen LogP contribution >= 0.6 is 0 Å². The Morgan fingerprint density at radius 1 is 1.15 bits per heavy atom. The number of aryl methyl sites for hydroxylation is 1. The lowest BCUT2D eigenvalue weighted by molar-refractivity contribution is 0.318. The number of hydrogen-bond acceptors (Lipinski definition) is 3. The van der Waals surface area contributed by atoms with Gasteiger partial charge in [-0.2, -0.15) is 0 Å². The predicted molar refractivity (Wildman–Crippen MR) is 78.2 cm³/mol. The van der Waals surface area contributed by atoms with Gasteiger partial charge in [0.25, 0.3) is 0 Å². The third kappa shape index (κ3) is 2.42. The lowest BCUT2D eigenvalue weighted by Gasteiger charge is -2.24. The van der Waals surface area contributed by atoms with Gasteiger partial charge in [-0.25, -0.2) is 4.39 Å². The number of benzene rings is 2. The Kier molecular flexibility index (Phi) is 3.89. The van der Waals surface area contributed by atoms with Crippen LogP contribution in [-0.4, -0.2) is 18.1 Å². The first kappa shape index (κ1) is 13.9. The molecular weight excluding hydrogens is 257 g/mol. The SMILES string of the molecule is Cc1ccccc1N(C)c1cccc(F)c1C(N)=NO. The van der Waals surface area contributed by atoms with Crippen LogP contribution in [0.2, 0.25) is 0 Å². The third-order valence-corrected chi connectivity index (χ3v) is 3.19. The number of para-hydroxylation sites is 1. The second-order valence-corrected chi connectivity index (χ2v) is 4.46. The molecule has 0 bridgehead atoms. The van der Waals surface area contributed by atoms with Crippen molar-refractivity contribution in [3.63, 3.8) is 0 Å². The van der Waals surface area contributed by atoms with Crippen LogP contribution in [0.25, 0.3) is 0 Å². The molecule has 0 saturated heterocycles. The Morgan fingerprint density at radius 2 is 1.80 bits per heavy atom. The van der Waals surface area contributed by atoms with Gasteiger partial charge in [0.05, 0.1) is 11.3 Å². The molecular formula is C15H16FN3O. The summed E-state index contributed by atoms with van der Waals surface area (Å²) < 4.78 is 14.0. The predicted octanol–water partition coefficient (Wildman–Crippen LogP) is 3.00. The molecule has 3 N–H and O–H groups in total. The summed E-state index contributed by atoms with van der Waals surface area (Å²) in [6.07, 6.45) is 0. The van der Waals surface area contributed by atoms with Crippen LogP contribution in [0.3, 0.4) is 0 Å². The van der Waals surface area contributed by atoms with Crippen molar-refractivity contribution in [2.75, 3.05) is 11.9 Å². The van der Waals surface area contributed by atoms with E-state index < -0.39 is 5.82 Å². The van der Waals surface area contributed by atoms with Gasteiger partial charge in [-0.15, -0.1) is 0 Å². The van der Waals surface area contributed by atoms with E-state index in [1.165, 1.54) is 6.07 Å². The van der Waals surface area contributed by atoms with Crippen LogP contribution in [0, 0.1) is 12.7 Å². The fourth-order valence-corrected chi connectivity index (χ4v) is 2.17. The number of anilines is 2. The van der Waals surface area contributed by atoms with Crippen molar-refractivity contribution in [1.29, 1.82) is 0 Å². The Balaban J connectivity index is 2.59. The van der Waals surface area contributed by atoms with Gasteiger partial charge in [0, 0.05) is 12.7 Å². The highest BCUT2D eigenvalue weighted by Crippen LogP contribution is 2.30. The summed E-state index contributed by atoms with van der Waals surface area (Å²) in [7, 11) is 1.81. The molecule has 0 aliphatic carbocycles. The van der Waals surface area contributed by atoms with E-state index >= 15 is 0 Å². The van der Waals surface area contributed by atoms with Crippen molar-refractivity contribution in [1.82, 2.24) is 0 Å². The molecule has 0 unspecified atom stereocenters. The molecule has 0 amide bonds. The Morgan fingerprint density at radius 3 is 2.45 bits per heavy atom. The fraction of sp³-hybridized carbons (Fsp3) is 0.133. The Labute approximate surface area is 116 Å². The van der Waals surface area contributed by atoms with Gasteiger partial charge >= 0.3 is 0 Å². The van der Waals surface area contributed by atoms with E-state index in [0.29, 0.717) is 5.69 Å². The average molecular weight is 273 g/mol. The lowest BCUT2D eigenvalue weighted by atomic mass is 10.1. The summed E-state index contributed by atoms with van der Waals surface area (Å²) in [4.78, 5) is 1.81. The van der Waals surface area contributed by atoms with Gasteiger partial charge in [0.15, 0.2) is 5.84 Å². The van der Waals surface area contributed by atoms with Crippen molar-refractivity contribution in [3.05, 3.63) is 59.4 Å². The molecule has 0 aliphatic rings. The van der Waals surface area contributed by atoms with Gasteiger partial charge in [-0.05, 0) is 30.7 Å². The normalized spacial score (nSPS) is 11.4. The molecule has 5 heteroatoms. The molecule has 0 aliphatic heterocycles. The number of oxime groups is 1. The molecule has 0 spiro atoms. The first-order chi connectivity index (χ1) is 9.56. The Hall–Kier alpha value is -2.56. The maximum Gasteiger partial charge on any atom is 0.175 e. The minimum atomic E-state index is -0.529. The highest BCUT2D eigenvalue weighted by Gasteiger charge is 2.17. The second kappa shape index (κ2) is 5.61. The van der Waals surface area contributed by atoms with Gasteiger partial charge in [-0.3, -0.25) is 0 Å². The number of nitrogens with two attached hydrogens (primary N) is 1. The van der Waals surface area contributed by atoms with Crippen molar-refractivity contribution in [3.8, 4) is 0 Å². The first-order valence-electron chi connectivity index (χ1n) is 6.12. The van der Waals surface area contributed by atoms with Gasteiger partial charge in [0.2, 0.25) is 0 Å². The zero-order valence-electron chi connectivity index (χ0n) is 11.3. The quantitative estimate of drug-likeness (QED) is 0.391. The van der Waals surface area contributed by atoms with E-state index in [2.05, 4.69) is 5.16 Å². The van der Waals surface area contributed by atoms with Gasteiger partial charge in [-0.1, -0.05) is 29.4 Å². The summed E-state index contributed by atoms with van der Waals surface area (Å²) >= 11 is 0. The summed E-state index contributed by atoms with van der Waals surface area (Å²) in [6.45, 7) is 1.97. The highest BCUT2D eigenvalue weighted by molar-refractivity contribution is 6.03. The zero-order valence-corrected chi connectivity index (χ0v) is 11.3. The average Bonchev–Trinajstić information content (AvgIpc) is 2.46. The van der Waals surface area contributed by atoms with Crippen molar-refractivity contribution >= 4 is 17.2 Å². The molecule has 104 valence electrons. The topological polar surface area (TPSA) is 61.8 Å². The number of hydrogen-bond donors (Lipinski definition) is 2. The first-order valence-corrected chi connectivity index (χ1v) is 6.12. The van der Waals surface area contributed by atoms with Crippen LogP contribution in [0.4, 0.5) is 15.8 Å². The molecule has 2 aromatic carbocycles. The van der Waals surface area contributed by atoms with Crippen molar-refractivity contribution < 1.29 is 9.60 Å². The fourth-order valence-electron chi connectivity index (χ4n) is 2.17. The number of amidine groups is 1. The maximum absolute atomic E-state index is 14.0. The second-order valence-electron chi connectivity index (χ2n) is 4.46. The Bertz CT molecular complexity index is 655. The summed E-state index contributed by atoms with van der Waals surface area (Å²) in [5, 5.41) is 11.7. The monoisotopic (exact) mass is 273 g/mol. The summed E-state index contributed by atoms with van der Waals surface area (Å²) in [5.74, 6) is -0.781. The molecule has 20 heavy (non-hydrogen) atoms. The zero-order chi connectivity index (χ0) is 14.7. The van der Waals surface area contributed by atoms with E-state index in [0.717, 1.165) is 11.3 Å². The van der Waals surface area contributed by atoms with Crippen molar-refractivity contribution in [2.24, 2.45) is 10.9 Å². The number of nitrogens with zero attached hydrogens (tertiary/aromatic N) is 2. The minimum absolute atomic E-state index is 0.0840. The molecule has 4 nitrogen and oxygen atoms in total. The van der Waals surface area contributed by atoms with Crippen LogP contribution in [-0.2, 0) is 0 Å². The molecule has 0 saturated carbocycles. The summed E-state index contributed by atoms with van der Waals surface area (Å²) in [6, 6.07) is 12.3. The minimum Gasteiger partial charge on any atom is -0.409 e. The van der Waals surface area contributed by atoms with Crippen LogP contribution in [0.15, 0.2) is 47.6 Å². The van der Waals surface area contributed by atoms with Crippen LogP contribution in [0.1, 0.15) is 11.1 Å². The largest absolute Gasteiger partial charge is 0.409 e. The molecule has 0 heterocycles. The van der Waals surface area contributed by atoms with Crippen molar-refractivity contribution in [2.45, 2.75) is 6.92 Å². The number of halogens is 1. The standard InChI is InChI=1S/C15H16FN3O/c1-10-6-3-4-8-12(10)19(2)13-9-5-7-11(16)14(13)15(17)18-20/h3-9,20H,1-2H3,(H2,17,18). The third-order valence-electron chi connectivity index (χ3n) is 3.19. The lowest BCUT2D eigenvalue weighted by Crippen LogP contribution is -2.21. The van der Waals surface area contributed by atoms with E-state index in [-0.39, 0.29) is 11.4 Å². The smallest absolute Gasteiger partial charge is 0.175 e. The van der Waals surface area contributed by atoms with Crippen LogP contribution in [0.5, 0.6) is 0 Å². The molecule has 2 rings (SSSR count). The number of rotatable bonds is 3. The maximum atomic E-state index is 14.0. The van der Waals surface area contributed by atoms with E-state index in [9.17, 15) is 4.39 Å². The van der Waals surface area contributed by atoms with E-state index in [4.69, 9.17) is 10.9 Å². The van der Waals surface area contributed by atoms with Gasteiger partial charge < -0.3 is 15.8 Å². The molecule has 0 atom stereocenters.